The first-order chi connectivity index (χ1) is 7.79. The van der Waals surface area contributed by atoms with E-state index in [1.807, 2.05) is 0 Å². The highest BCUT2D eigenvalue weighted by Gasteiger charge is 2.26. The Bertz CT molecular complexity index is 394. The molecule has 16 heavy (non-hydrogen) atoms. The van der Waals surface area contributed by atoms with Crippen LogP contribution in [0.25, 0.3) is 0 Å². The van der Waals surface area contributed by atoms with Gasteiger partial charge in [0.1, 0.15) is 11.1 Å². The zero-order chi connectivity index (χ0) is 11.4. The van der Waals surface area contributed by atoms with Gasteiger partial charge in [0.15, 0.2) is 6.29 Å². The summed E-state index contributed by atoms with van der Waals surface area (Å²) in [6, 6.07) is 0. The van der Waals surface area contributed by atoms with Gasteiger partial charge in [-0.2, -0.15) is 0 Å². The number of esters is 1. The Hall–Kier alpha value is -1.43. The Morgan fingerprint density at radius 2 is 2.25 bits per heavy atom. The standard InChI is InChI=1S/C10H10N2O3S/c13-5-7-3-11-9(12-4-7)6-16-8-1-2-15-10(8)14/h3-5,8H,1-2,6H2. The Labute approximate surface area is 96.6 Å². The van der Waals surface area contributed by atoms with Gasteiger partial charge in [-0.15, -0.1) is 11.8 Å². The van der Waals surface area contributed by atoms with Crippen LogP contribution in [-0.2, 0) is 15.3 Å². The summed E-state index contributed by atoms with van der Waals surface area (Å²) >= 11 is 1.47. The van der Waals surface area contributed by atoms with Gasteiger partial charge in [0.05, 0.1) is 17.9 Å². The number of carbonyl (C=O) groups excluding carboxylic acids is 2. The minimum Gasteiger partial charge on any atom is -0.465 e. The fourth-order valence-corrected chi connectivity index (χ4v) is 2.27. The Balaban J connectivity index is 1.89. The molecule has 2 rings (SSSR count). The normalized spacial score (nSPS) is 19.5. The number of aldehydes is 1. The average molecular weight is 238 g/mol. The van der Waals surface area contributed by atoms with Gasteiger partial charge in [0.2, 0.25) is 0 Å². The molecule has 1 aliphatic heterocycles. The summed E-state index contributed by atoms with van der Waals surface area (Å²) in [4.78, 5) is 29.6. The zero-order valence-corrected chi connectivity index (χ0v) is 9.27. The van der Waals surface area contributed by atoms with E-state index in [2.05, 4.69) is 9.97 Å². The van der Waals surface area contributed by atoms with Crippen molar-refractivity contribution in [2.24, 2.45) is 0 Å². The van der Waals surface area contributed by atoms with Crippen LogP contribution < -0.4 is 0 Å². The first kappa shape index (κ1) is 11.1. The number of carbonyl (C=O) groups is 2. The third-order valence-corrected chi connectivity index (χ3v) is 3.42. The van der Waals surface area contributed by atoms with Crippen molar-refractivity contribution in [3.63, 3.8) is 0 Å². The number of rotatable bonds is 4. The van der Waals surface area contributed by atoms with Crippen molar-refractivity contribution in [1.82, 2.24) is 9.97 Å². The average Bonchev–Trinajstić information content (AvgIpc) is 2.73. The van der Waals surface area contributed by atoms with Crippen molar-refractivity contribution >= 4 is 24.0 Å². The van der Waals surface area contributed by atoms with E-state index in [4.69, 9.17) is 4.74 Å². The molecule has 0 spiro atoms. The van der Waals surface area contributed by atoms with E-state index >= 15 is 0 Å². The molecule has 1 aliphatic rings. The third-order valence-electron chi connectivity index (χ3n) is 2.16. The first-order valence-corrected chi connectivity index (χ1v) is 5.89. The monoisotopic (exact) mass is 238 g/mol. The fraction of sp³-hybridized carbons (Fsp3) is 0.400. The number of thioether (sulfide) groups is 1. The number of cyclic esters (lactones) is 1. The molecule has 1 atom stereocenters. The molecule has 0 radical (unpaired) electrons. The molecule has 6 heteroatoms. The van der Waals surface area contributed by atoms with Crippen LogP contribution in [0.1, 0.15) is 22.6 Å². The second-order valence-corrected chi connectivity index (χ2v) is 4.50. The second-order valence-electron chi connectivity index (χ2n) is 3.31. The van der Waals surface area contributed by atoms with Crippen LogP contribution in [0.5, 0.6) is 0 Å². The van der Waals surface area contributed by atoms with Crippen molar-refractivity contribution in [3.8, 4) is 0 Å². The molecule has 5 nitrogen and oxygen atoms in total. The van der Waals surface area contributed by atoms with Gasteiger partial charge in [-0.1, -0.05) is 0 Å². The van der Waals surface area contributed by atoms with Crippen LogP contribution in [0, 0.1) is 0 Å². The topological polar surface area (TPSA) is 69.2 Å². The van der Waals surface area contributed by atoms with Gasteiger partial charge >= 0.3 is 5.97 Å². The van der Waals surface area contributed by atoms with E-state index in [9.17, 15) is 9.59 Å². The van der Waals surface area contributed by atoms with Crippen LogP contribution in [0.15, 0.2) is 12.4 Å². The molecule has 0 amide bonds. The molecule has 0 aliphatic carbocycles. The lowest BCUT2D eigenvalue weighted by molar-refractivity contribution is -0.137. The summed E-state index contributed by atoms with van der Waals surface area (Å²) in [5.74, 6) is 1.02. The molecule has 1 aromatic rings. The molecule has 84 valence electrons. The number of hydrogen-bond donors (Lipinski definition) is 0. The van der Waals surface area contributed by atoms with Crippen molar-refractivity contribution in [3.05, 3.63) is 23.8 Å². The van der Waals surface area contributed by atoms with Gasteiger partial charge in [0.25, 0.3) is 0 Å². The van der Waals surface area contributed by atoms with Crippen molar-refractivity contribution in [1.29, 1.82) is 0 Å². The first-order valence-electron chi connectivity index (χ1n) is 4.84. The molecule has 0 saturated carbocycles. The summed E-state index contributed by atoms with van der Waals surface area (Å²) in [5.41, 5.74) is 0.453. The zero-order valence-electron chi connectivity index (χ0n) is 8.46. The van der Waals surface area contributed by atoms with Crippen LogP contribution >= 0.6 is 11.8 Å². The van der Waals surface area contributed by atoms with E-state index in [0.29, 0.717) is 30.0 Å². The van der Waals surface area contributed by atoms with Crippen LogP contribution in [0.2, 0.25) is 0 Å². The maximum Gasteiger partial charge on any atom is 0.319 e. The highest BCUT2D eigenvalue weighted by atomic mass is 32.2. The maximum absolute atomic E-state index is 11.2. The van der Waals surface area contributed by atoms with Gasteiger partial charge in [-0.3, -0.25) is 9.59 Å². The Kier molecular flexibility index (Phi) is 3.51. The molecule has 0 N–H and O–H groups in total. The second kappa shape index (κ2) is 5.07. The smallest absolute Gasteiger partial charge is 0.319 e. The minimum absolute atomic E-state index is 0.102. The molecule has 1 fully saturated rings. The van der Waals surface area contributed by atoms with Gasteiger partial charge < -0.3 is 4.74 Å². The molecular formula is C10H10N2O3S. The lowest BCUT2D eigenvalue weighted by Crippen LogP contribution is -2.10. The Morgan fingerprint density at radius 3 is 2.81 bits per heavy atom. The molecular weight excluding hydrogens is 228 g/mol. The van der Waals surface area contributed by atoms with E-state index in [1.54, 1.807) is 0 Å². The quantitative estimate of drug-likeness (QED) is 0.572. The van der Waals surface area contributed by atoms with E-state index in [1.165, 1.54) is 24.2 Å². The number of ether oxygens (including phenoxy) is 1. The van der Waals surface area contributed by atoms with E-state index in [0.717, 1.165) is 6.42 Å². The van der Waals surface area contributed by atoms with Crippen molar-refractivity contribution < 1.29 is 14.3 Å². The molecule has 1 unspecified atom stereocenters. The van der Waals surface area contributed by atoms with Gasteiger partial charge in [-0.25, -0.2) is 9.97 Å². The SMILES string of the molecule is O=Cc1cnc(CSC2CCOC2=O)nc1. The minimum atomic E-state index is -0.158. The van der Waals surface area contributed by atoms with Crippen molar-refractivity contribution in [2.75, 3.05) is 6.61 Å². The van der Waals surface area contributed by atoms with Crippen molar-refractivity contribution in [2.45, 2.75) is 17.4 Å². The van der Waals surface area contributed by atoms with Gasteiger partial charge in [0, 0.05) is 18.8 Å². The lowest BCUT2D eigenvalue weighted by Gasteiger charge is -2.03. The third kappa shape index (κ3) is 2.57. The molecule has 0 bridgehead atoms. The molecule has 1 saturated heterocycles. The number of hydrogen-bond acceptors (Lipinski definition) is 6. The maximum atomic E-state index is 11.2. The van der Waals surface area contributed by atoms with Gasteiger partial charge in [-0.05, 0) is 0 Å². The number of aromatic nitrogens is 2. The summed E-state index contributed by atoms with van der Waals surface area (Å²) in [7, 11) is 0. The Morgan fingerprint density at radius 1 is 1.50 bits per heavy atom. The largest absolute Gasteiger partial charge is 0.465 e. The van der Waals surface area contributed by atoms with E-state index < -0.39 is 0 Å². The van der Waals surface area contributed by atoms with Crippen LogP contribution in [0.4, 0.5) is 0 Å². The predicted octanol–water partition coefficient (Wildman–Crippen LogP) is 0.838. The molecule has 2 heterocycles. The highest BCUT2D eigenvalue weighted by molar-refractivity contribution is 7.99. The lowest BCUT2D eigenvalue weighted by atomic mass is 10.4. The fourth-order valence-electron chi connectivity index (χ4n) is 1.30. The number of nitrogens with zero attached hydrogens (tertiary/aromatic N) is 2. The highest BCUT2D eigenvalue weighted by Crippen LogP contribution is 2.23. The predicted molar refractivity (Wildman–Crippen MR) is 58.1 cm³/mol. The van der Waals surface area contributed by atoms with E-state index in [-0.39, 0.29) is 11.2 Å². The summed E-state index contributed by atoms with van der Waals surface area (Å²) < 4.78 is 4.84. The van der Waals surface area contributed by atoms with Crippen LogP contribution in [0.3, 0.4) is 0 Å². The summed E-state index contributed by atoms with van der Waals surface area (Å²) in [6.07, 6.45) is 4.40. The summed E-state index contributed by atoms with van der Waals surface area (Å²) in [6.45, 7) is 0.501. The van der Waals surface area contributed by atoms with Crippen LogP contribution in [-0.4, -0.2) is 34.1 Å². The summed E-state index contributed by atoms with van der Waals surface area (Å²) in [5, 5.41) is -0.102. The molecule has 1 aromatic heterocycles. The molecule has 0 aromatic carbocycles.